The van der Waals surface area contributed by atoms with Gasteiger partial charge in [0.25, 0.3) is 11.8 Å². The van der Waals surface area contributed by atoms with Gasteiger partial charge >= 0.3 is 0 Å². The maximum atomic E-state index is 13.2. The summed E-state index contributed by atoms with van der Waals surface area (Å²) in [6.45, 7) is 3.97. The van der Waals surface area contributed by atoms with Crippen LogP contribution in [0.1, 0.15) is 52.8 Å². The number of nitrogens with two attached hydrogens (primary N) is 1. The number of hydrogen-bond acceptors (Lipinski definition) is 7. The van der Waals surface area contributed by atoms with Gasteiger partial charge < -0.3 is 16.0 Å². The number of likely N-dealkylation sites (tertiary alicyclic amines) is 1. The molecule has 170 valence electrons. The lowest BCUT2D eigenvalue weighted by atomic mass is 10.0. The van der Waals surface area contributed by atoms with E-state index in [1.807, 2.05) is 0 Å². The van der Waals surface area contributed by atoms with Gasteiger partial charge in [-0.15, -0.1) is 0 Å². The fourth-order valence-electron chi connectivity index (χ4n) is 5.15. The monoisotopic (exact) mass is 439 g/mol. The third kappa shape index (κ3) is 3.91. The van der Waals surface area contributed by atoms with E-state index < -0.39 is 23.8 Å². The van der Waals surface area contributed by atoms with Crippen LogP contribution in [0.3, 0.4) is 0 Å². The van der Waals surface area contributed by atoms with Crippen LogP contribution in [-0.2, 0) is 9.59 Å². The number of nitrogens with one attached hydrogen (secondary N) is 2. The van der Waals surface area contributed by atoms with Crippen molar-refractivity contribution in [2.45, 2.75) is 44.2 Å². The number of imide groups is 2. The van der Waals surface area contributed by atoms with Gasteiger partial charge in [-0.1, -0.05) is 6.07 Å². The highest BCUT2D eigenvalue weighted by Crippen LogP contribution is 2.40. The summed E-state index contributed by atoms with van der Waals surface area (Å²) in [5.74, 6) is -0.734. The molecular weight excluding hydrogens is 410 g/mol. The second-order valence-corrected chi connectivity index (χ2v) is 9.45. The standard InChI is InChI=1S/C23H29N5O4/c24-15-6-8-27(9-7-15)12-14-10-13(14)11-25-17-3-1-2-16-20(17)23(32)28(22(16)31)18-4-5-19(29)26-21(18)30/h1-3,13-15,18,25H,4-12,24H2,(H,26,29,30)/t13-,14+,18?/m1/s1. The molecule has 0 radical (unpaired) electrons. The molecule has 9 nitrogen and oxygen atoms in total. The van der Waals surface area contributed by atoms with Gasteiger partial charge in [-0.2, -0.15) is 0 Å². The van der Waals surface area contributed by atoms with E-state index in [9.17, 15) is 19.2 Å². The molecule has 4 aliphatic rings. The van der Waals surface area contributed by atoms with Crippen LogP contribution in [0.4, 0.5) is 5.69 Å². The maximum Gasteiger partial charge on any atom is 0.264 e. The highest BCUT2D eigenvalue weighted by atomic mass is 16.2. The van der Waals surface area contributed by atoms with E-state index in [4.69, 9.17) is 5.73 Å². The van der Waals surface area contributed by atoms with Crippen molar-refractivity contribution in [2.24, 2.45) is 17.6 Å². The molecule has 3 heterocycles. The van der Waals surface area contributed by atoms with Gasteiger partial charge in [-0.05, 0) is 62.7 Å². The van der Waals surface area contributed by atoms with E-state index >= 15 is 0 Å². The van der Waals surface area contributed by atoms with Crippen LogP contribution >= 0.6 is 0 Å². The molecule has 0 aromatic heterocycles. The number of hydrogen-bond donors (Lipinski definition) is 3. The first-order chi connectivity index (χ1) is 15.4. The van der Waals surface area contributed by atoms with Crippen molar-refractivity contribution < 1.29 is 19.2 Å². The smallest absolute Gasteiger partial charge is 0.264 e. The van der Waals surface area contributed by atoms with Crippen LogP contribution in [0, 0.1) is 11.8 Å². The van der Waals surface area contributed by atoms with Crippen LogP contribution in [0.25, 0.3) is 0 Å². The first-order valence-electron chi connectivity index (χ1n) is 11.5. The van der Waals surface area contributed by atoms with Crippen LogP contribution in [0.5, 0.6) is 0 Å². The number of fused-ring (bicyclic) bond motifs is 1. The van der Waals surface area contributed by atoms with E-state index in [-0.39, 0.29) is 18.7 Å². The molecular formula is C23H29N5O4. The number of carbonyl (C=O) groups excluding carboxylic acids is 4. The molecule has 32 heavy (non-hydrogen) atoms. The van der Waals surface area contributed by atoms with Crippen molar-refractivity contribution in [3.05, 3.63) is 29.3 Å². The molecule has 0 bridgehead atoms. The fourth-order valence-corrected chi connectivity index (χ4v) is 5.15. The fraction of sp³-hybridized carbons (Fsp3) is 0.565. The van der Waals surface area contributed by atoms with Crippen molar-refractivity contribution in [3.8, 4) is 0 Å². The highest BCUT2D eigenvalue weighted by Gasteiger charge is 2.46. The molecule has 0 spiro atoms. The van der Waals surface area contributed by atoms with Gasteiger partial charge in [0.15, 0.2) is 0 Å². The molecule has 5 rings (SSSR count). The van der Waals surface area contributed by atoms with Gasteiger partial charge in [-0.25, -0.2) is 0 Å². The number of carbonyl (C=O) groups is 4. The molecule has 9 heteroatoms. The first-order valence-corrected chi connectivity index (χ1v) is 11.5. The summed E-state index contributed by atoms with van der Waals surface area (Å²) in [6.07, 6.45) is 3.54. The van der Waals surface area contributed by atoms with E-state index in [1.54, 1.807) is 18.2 Å². The Hall–Kier alpha value is -2.78. The Kier molecular flexibility index (Phi) is 5.46. The zero-order chi connectivity index (χ0) is 22.4. The maximum absolute atomic E-state index is 13.2. The summed E-state index contributed by atoms with van der Waals surface area (Å²) >= 11 is 0. The number of rotatable bonds is 6. The Bertz CT molecular complexity index is 971. The third-order valence-electron chi connectivity index (χ3n) is 7.22. The summed E-state index contributed by atoms with van der Waals surface area (Å²) in [4.78, 5) is 53.3. The Morgan fingerprint density at radius 2 is 1.81 bits per heavy atom. The van der Waals surface area contributed by atoms with Gasteiger partial charge in [0, 0.05) is 31.2 Å². The molecule has 3 aliphatic heterocycles. The molecule has 4 amide bonds. The lowest BCUT2D eigenvalue weighted by Gasteiger charge is -2.30. The van der Waals surface area contributed by atoms with Gasteiger partial charge in [0.2, 0.25) is 11.8 Å². The minimum absolute atomic E-state index is 0.112. The zero-order valence-electron chi connectivity index (χ0n) is 18.0. The average molecular weight is 440 g/mol. The SMILES string of the molecule is NC1CCN(C[C@@H]2C[C@@H]2CNc2cccc3c2C(=O)N(C2CCC(=O)NC2=O)C3=O)CC1. The topological polar surface area (TPSA) is 125 Å². The average Bonchev–Trinajstić information content (AvgIpc) is 3.46. The summed E-state index contributed by atoms with van der Waals surface area (Å²) in [6, 6.07) is 4.57. The minimum Gasteiger partial charge on any atom is -0.384 e. The second kappa shape index (κ2) is 8.29. The van der Waals surface area contributed by atoms with Crippen molar-refractivity contribution in [3.63, 3.8) is 0 Å². The zero-order valence-corrected chi connectivity index (χ0v) is 18.0. The Morgan fingerprint density at radius 1 is 1.03 bits per heavy atom. The molecule has 3 atom stereocenters. The van der Waals surface area contributed by atoms with Crippen molar-refractivity contribution in [1.29, 1.82) is 0 Å². The van der Waals surface area contributed by atoms with Crippen LogP contribution in [-0.4, -0.2) is 71.7 Å². The Balaban J connectivity index is 1.22. The number of piperidine rings is 2. The lowest BCUT2D eigenvalue weighted by Crippen LogP contribution is -2.54. The van der Waals surface area contributed by atoms with Crippen molar-refractivity contribution in [1.82, 2.24) is 15.1 Å². The van der Waals surface area contributed by atoms with Crippen molar-refractivity contribution >= 4 is 29.3 Å². The molecule has 2 saturated heterocycles. The molecule has 1 aliphatic carbocycles. The summed E-state index contributed by atoms with van der Waals surface area (Å²) in [5, 5.41) is 5.61. The van der Waals surface area contributed by atoms with E-state index in [0.717, 1.165) is 50.3 Å². The molecule has 1 saturated carbocycles. The molecule has 4 N–H and O–H groups in total. The molecule has 1 aromatic carbocycles. The van der Waals surface area contributed by atoms with Crippen LogP contribution < -0.4 is 16.4 Å². The Morgan fingerprint density at radius 3 is 2.56 bits per heavy atom. The first kappa shape index (κ1) is 21.1. The van der Waals surface area contributed by atoms with Gasteiger partial charge in [0.1, 0.15) is 6.04 Å². The van der Waals surface area contributed by atoms with E-state index in [2.05, 4.69) is 15.5 Å². The second-order valence-electron chi connectivity index (χ2n) is 9.45. The molecule has 1 unspecified atom stereocenters. The van der Waals surface area contributed by atoms with Gasteiger partial charge in [-0.3, -0.25) is 29.4 Å². The number of nitrogens with zero attached hydrogens (tertiary/aromatic N) is 2. The number of amides is 4. The summed E-state index contributed by atoms with van der Waals surface area (Å²) < 4.78 is 0. The van der Waals surface area contributed by atoms with E-state index in [0.29, 0.717) is 34.7 Å². The number of anilines is 1. The highest BCUT2D eigenvalue weighted by molar-refractivity contribution is 6.25. The Labute approximate surface area is 186 Å². The number of benzene rings is 1. The predicted octanol–water partition coefficient (Wildman–Crippen LogP) is 0.559. The quantitative estimate of drug-likeness (QED) is 0.553. The summed E-state index contributed by atoms with van der Waals surface area (Å²) in [5.41, 5.74) is 7.25. The molecule has 1 aromatic rings. The largest absolute Gasteiger partial charge is 0.384 e. The van der Waals surface area contributed by atoms with Gasteiger partial charge in [0.05, 0.1) is 11.1 Å². The third-order valence-corrected chi connectivity index (χ3v) is 7.22. The predicted molar refractivity (Wildman–Crippen MR) is 117 cm³/mol. The van der Waals surface area contributed by atoms with Crippen molar-refractivity contribution in [2.75, 3.05) is 31.5 Å². The summed E-state index contributed by atoms with van der Waals surface area (Å²) in [7, 11) is 0. The minimum atomic E-state index is -0.946. The normalized spacial score (nSPS) is 28.7. The lowest BCUT2D eigenvalue weighted by molar-refractivity contribution is -0.136. The van der Waals surface area contributed by atoms with Crippen LogP contribution in [0.15, 0.2) is 18.2 Å². The van der Waals surface area contributed by atoms with Crippen LogP contribution in [0.2, 0.25) is 0 Å². The van der Waals surface area contributed by atoms with E-state index in [1.165, 1.54) is 0 Å². The molecule has 3 fully saturated rings.